The molecule has 1 unspecified atom stereocenters. The van der Waals surface area contributed by atoms with Gasteiger partial charge in [-0.25, -0.2) is 9.48 Å². The number of hydrogen-bond donors (Lipinski definition) is 1. The Morgan fingerprint density at radius 1 is 1.08 bits per heavy atom. The van der Waals surface area contributed by atoms with E-state index in [1.807, 2.05) is 102 Å². The summed E-state index contributed by atoms with van der Waals surface area (Å²) in [6.07, 6.45) is 3.62. The zero-order valence-electron chi connectivity index (χ0n) is 19.6. The summed E-state index contributed by atoms with van der Waals surface area (Å²) in [7, 11) is 0. The molecule has 0 aliphatic carbocycles. The predicted molar refractivity (Wildman–Crippen MR) is 137 cm³/mol. The van der Waals surface area contributed by atoms with Gasteiger partial charge in [0.15, 0.2) is 0 Å². The summed E-state index contributed by atoms with van der Waals surface area (Å²) in [6, 6.07) is 24.8. The summed E-state index contributed by atoms with van der Waals surface area (Å²) in [5.41, 5.74) is 4.67. The van der Waals surface area contributed by atoms with Crippen LogP contribution in [0.4, 0.5) is 4.79 Å². The molecule has 180 valence electrons. The Hall–Kier alpha value is -4.23. The van der Waals surface area contributed by atoms with Gasteiger partial charge < -0.3 is 19.2 Å². The standard InChI is InChI=1S/C28H24ClN5O2/c1-19-24-18-33(28(35)30-17-23-12-7-15-36-23)26(20-8-5-9-21(29)16-20)25-13-6-14-32(25)27(24)34(31-19)22-10-3-2-4-11-22/h2-16,26H,17-18H2,1H3,(H,30,35). The monoisotopic (exact) mass is 497 g/mol. The molecule has 1 aliphatic rings. The highest BCUT2D eigenvalue weighted by Crippen LogP contribution is 2.39. The van der Waals surface area contributed by atoms with Gasteiger partial charge in [-0.2, -0.15) is 5.10 Å². The van der Waals surface area contributed by atoms with Crippen molar-refractivity contribution >= 4 is 17.6 Å². The summed E-state index contributed by atoms with van der Waals surface area (Å²) in [5.74, 6) is 1.61. The maximum atomic E-state index is 13.7. The van der Waals surface area contributed by atoms with Gasteiger partial charge in [-0.05, 0) is 61.0 Å². The van der Waals surface area contributed by atoms with Gasteiger partial charge in [-0.15, -0.1) is 0 Å². The number of furan rings is 1. The van der Waals surface area contributed by atoms with E-state index in [0.717, 1.165) is 34.0 Å². The number of benzene rings is 2. The van der Waals surface area contributed by atoms with Gasteiger partial charge in [0.05, 0.1) is 42.5 Å². The fraction of sp³-hybridized carbons (Fsp3) is 0.143. The molecule has 0 spiro atoms. The quantitative estimate of drug-likeness (QED) is 0.329. The largest absolute Gasteiger partial charge is 0.467 e. The molecule has 0 radical (unpaired) electrons. The molecule has 0 saturated carbocycles. The van der Waals surface area contributed by atoms with E-state index < -0.39 is 0 Å². The van der Waals surface area contributed by atoms with Crippen LogP contribution >= 0.6 is 11.6 Å². The summed E-state index contributed by atoms with van der Waals surface area (Å²) in [4.78, 5) is 15.6. The SMILES string of the molecule is Cc1nn(-c2ccccc2)c2c1CN(C(=O)NCc1ccco1)C(c1cccc(Cl)c1)c1cccn1-2. The molecular weight excluding hydrogens is 474 g/mol. The maximum Gasteiger partial charge on any atom is 0.318 e. The van der Waals surface area contributed by atoms with Crippen molar-refractivity contribution < 1.29 is 9.21 Å². The lowest BCUT2D eigenvalue weighted by molar-refractivity contribution is 0.179. The number of amides is 2. The lowest BCUT2D eigenvalue weighted by atomic mass is 10.0. The lowest BCUT2D eigenvalue weighted by Gasteiger charge is -2.31. The number of urea groups is 1. The predicted octanol–water partition coefficient (Wildman–Crippen LogP) is 6.03. The molecule has 7 nitrogen and oxygen atoms in total. The fourth-order valence-electron chi connectivity index (χ4n) is 4.85. The molecule has 4 heterocycles. The van der Waals surface area contributed by atoms with Gasteiger partial charge in [-0.1, -0.05) is 41.9 Å². The summed E-state index contributed by atoms with van der Waals surface area (Å²) in [5, 5.41) is 8.53. The lowest BCUT2D eigenvalue weighted by Crippen LogP contribution is -2.41. The van der Waals surface area contributed by atoms with Crippen LogP contribution in [0, 0.1) is 6.92 Å². The highest BCUT2D eigenvalue weighted by atomic mass is 35.5. The third-order valence-corrected chi connectivity index (χ3v) is 6.74. The summed E-state index contributed by atoms with van der Waals surface area (Å²) in [6.45, 7) is 2.65. The average Bonchev–Trinajstić information content (AvgIpc) is 3.63. The zero-order chi connectivity index (χ0) is 24.6. The molecule has 8 heteroatoms. The maximum absolute atomic E-state index is 13.7. The van der Waals surface area contributed by atoms with Crippen molar-refractivity contribution in [2.75, 3.05) is 0 Å². The Balaban J connectivity index is 1.51. The van der Waals surface area contributed by atoms with Crippen molar-refractivity contribution in [3.05, 3.63) is 125 Å². The Bertz CT molecular complexity index is 1520. The first kappa shape index (κ1) is 22.2. The molecule has 1 aliphatic heterocycles. The Morgan fingerprint density at radius 3 is 2.72 bits per heavy atom. The van der Waals surface area contributed by atoms with E-state index in [9.17, 15) is 4.79 Å². The second-order valence-corrected chi connectivity index (χ2v) is 9.20. The summed E-state index contributed by atoms with van der Waals surface area (Å²) >= 11 is 6.41. The highest BCUT2D eigenvalue weighted by Gasteiger charge is 2.36. The number of hydrogen-bond acceptors (Lipinski definition) is 3. The topological polar surface area (TPSA) is 68.2 Å². The molecule has 2 amide bonds. The summed E-state index contributed by atoms with van der Waals surface area (Å²) < 4.78 is 9.51. The van der Waals surface area contributed by atoms with Crippen molar-refractivity contribution in [1.82, 2.24) is 24.6 Å². The van der Waals surface area contributed by atoms with Gasteiger partial charge in [0.2, 0.25) is 0 Å². The van der Waals surface area contributed by atoms with E-state index in [2.05, 4.69) is 9.88 Å². The molecule has 1 N–H and O–H groups in total. The Labute approximate surface area is 213 Å². The minimum atomic E-state index is -0.369. The second-order valence-electron chi connectivity index (χ2n) is 8.76. The number of nitrogens with zero attached hydrogens (tertiary/aromatic N) is 4. The molecule has 0 fully saturated rings. The second kappa shape index (κ2) is 9.09. The van der Waals surface area contributed by atoms with Crippen LogP contribution in [-0.2, 0) is 13.1 Å². The normalized spacial score (nSPS) is 14.7. The Morgan fingerprint density at radius 2 is 1.94 bits per heavy atom. The van der Waals surface area contributed by atoms with Crippen LogP contribution in [0.5, 0.6) is 0 Å². The van der Waals surface area contributed by atoms with Crippen molar-refractivity contribution in [2.24, 2.45) is 0 Å². The zero-order valence-corrected chi connectivity index (χ0v) is 20.4. The molecule has 0 bridgehead atoms. The van der Waals surface area contributed by atoms with Crippen molar-refractivity contribution in [2.45, 2.75) is 26.1 Å². The van der Waals surface area contributed by atoms with Gasteiger partial charge in [0.25, 0.3) is 0 Å². The molecule has 2 aromatic carbocycles. The number of para-hydroxylation sites is 1. The fourth-order valence-corrected chi connectivity index (χ4v) is 5.05. The van der Waals surface area contributed by atoms with Gasteiger partial charge >= 0.3 is 6.03 Å². The van der Waals surface area contributed by atoms with Crippen molar-refractivity contribution in [3.8, 4) is 11.5 Å². The number of aryl methyl sites for hydroxylation is 1. The minimum absolute atomic E-state index is 0.205. The van der Waals surface area contributed by atoms with E-state index >= 15 is 0 Å². The number of aromatic nitrogens is 3. The van der Waals surface area contributed by atoms with Crippen LogP contribution in [0.3, 0.4) is 0 Å². The number of carbonyl (C=O) groups is 1. The third-order valence-electron chi connectivity index (χ3n) is 6.51. The highest BCUT2D eigenvalue weighted by molar-refractivity contribution is 6.30. The molecule has 0 saturated heterocycles. The van der Waals surface area contributed by atoms with Gasteiger partial charge in [-0.3, -0.25) is 0 Å². The molecule has 6 rings (SSSR count). The number of nitrogens with one attached hydrogen (secondary N) is 1. The first-order chi connectivity index (χ1) is 17.6. The van der Waals surface area contributed by atoms with Crippen molar-refractivity contribution in [3.63, 3.8) is 0 Å². The molecule has 3 aromatic heterocycles. The van der Waals surface area contributed by atoms with Crippen LogP contribution in [0.2, 0.25) is 5.02 Å². The first-order valence-electron chi connectivity index (χ1n) is 11.7. The van der Waals surface area contributed by atoms with E-state index in [1.165, 1.54) is 0 Å². The molecular formula is C28H24ClN5O2. The minimum Gasteiger partial charge on any atom is -0.467 e. The van der Waals surface area contributed by atoms with Crippen LogP contribution in [0.1, 0.15) is 34.3 Å². The van der Waals surface area contributed by atoms with E-state index in [4.69, 9.17) is 21.1 Å². The van der Waals surface area contributed by atoms with E-state index in [-0.39, 0.29) is 12.1 Å². The molecule has 36 heavy (non-hydrogen) atoms. The van der Waals surface area contributed by atoms with E-state index in [0.29, 0.717) is 23.9 Å². The van der Waals surface area contributed by atoms with Gasteiger partial charge in [0, 0.05) is 16.8 Å². The van der Waals surface area contributed by atoms with E-state index in [1.54, 1.807) is 6.26 Å². The Kier molecular flexibility index (Phi) is 5.62. The van der Waals surface area contributed by atoms with Crippen molar-refractivity contribution in [1.29, 1.82) is 0 Å². The number of fused-ring (bicyclic) bond motifs is 3. The van der Waals surface area contributed by atoms with Crippen LogP contribution in [-0.4, -0.2) is 25.3 Å². The molecule has 1 atom stereocenters. The van der Waals surface area contributed by atoms with Crippen LogP contribution in [0.25, 0.3) is 11.5 Å². The van der Waals surface area contributed by atoms with Gasteiger partial charge in [0.1, 0.15) is 11.6 Å². The number of halogens is 1. The first-order valence-corrected chi connectivity index (χ1v) is 12.1. The smallest absolute Gasteiger partial charge is 0.318 e. The third kappa shape index (κ3) is 3.87. The van der Waals surface area contributed by atoms with Crippen LogP contribution in [0.15, 0.2) is 95.7 Å². The average molecular weight is 498 g/mol. The number of carbonyl (C=O) groups excluding carboxylic acids is 1. The molecule has 5 aromatic rings. The van der Waals surface area contributed by atoms with Crippen LogP contribution < -0.4 is 5.32 Å². The number of rotatable bonds is 4.